The first-order valence-corrected chi connectivity index (χ1v) is 8.22. The molecule has 1 heterocycles. The molecule has 1 aliphatic heterocycles. The summed E-state index contributed by atoms with van der Waals surface area (Å²) in [5.74, 6) is 3.52. The van der Waals surface area contributed by atoms with Gasteiger partial charge in [0.05, 0.1) is 5.60 Å². The second-order valence-electron chi connectivity index (χ2n) is 6.77. The molecule has 3 heteroatoms. The molecule has 22 heavy (non-hydrogen) atoms. The summed E-state index contributed by atoms with van der Waals surface area (Å²) in [6.45, 7) is 2.12. The van der Waals surface area contributed by atoms with Crippen LogP contribution in [-0.2, 0) is 6.54 Å². The maximum absolute atomic E-state index is 11.2. The summed E-state index contributed by atoms with van der Waals surface area (Å²) in [4.78, 5) is 2.30. The first kappa shape index (κ1) is 15.4. The molecule has 1 aromatic rings. The van der Waals surface area contributed by atoms with E-state index < -0.39 is 5.60 Å². The van der Waals surface area contributed by atoms with Crippen molar-refractivity contribution in [1.29, 1.82) is 0 Å². The van der Waals surface area contributed by atoms with Crippen molar-refractivity contribution in [2.45, 2.75) is 50.2 Å². The van der Waals surface area contributed by atoms with Gasteiger partial charge in [0.2, 0.25) is 0 Å². The van der Waals surface area contributed by atoms with Gasteiger partial charge in [-0.1, -0.05) is 31.2 Å². The molecule has 1 N–H and O–H groups in total. The predicted molar refractivity (Wildman–Crippen MR) is 87.9 cm³/mol. The molecule has 1 atom stereocenters. The van der Waals surface area contributed by atoms with Gasteiger partial charge in [0.1, 0.15) is 12.4 Å². The molecule has 3 nitrogen and oxygen atoms in total. The fourth-order valence-electron chi connectivity index (χ4n) is 4.01. The second kappa shape index (κ2) is 6.32. The van der Waals surface area contributed by atoms with Crippen molar-refractivity contribution in [2.75, 3.05) is 20.2 Å². The molecule has 0 bridgehead atoms. The van der Waals surface area contributed by atoms with E-state index in [1.54, 1.807) is 0 Å². The first-order chi connectivity index (χ1) is 10.6. The van der Waals surface area contributed by atoms with E-state index in [2.05, 4.69) is 30.0 Å². The van der Waals surface area contributed by atoms with E-state index in [4.69, 9.17) is 11.2 Å². The molecule has 0 saturated heterocycles. The third kappa shape index (κ3) is 2.99. The van der Waals surface area contributed by atoms with Gasteiger partial charge < -0.3 is 14.7 Å². The van der Waals surface area contributed by atoms with Crippen LogP contribution in [0.4, 0.5) is 0 Å². The lowest BCUT2D eigenvalue weighted by Gasteiger charge is -2.44. The standard InChI is InChI=1S/C19H25NO2/c1-3-11-22-16-7-8-17-15(12-16)13-20(2)14-18(17)19(21)9-5-4-6-10-19/h1,7-8,12,18,21H,4-6,9-11,13-14H2,2H3. The SMILES string of the molecule is C#CCOc1ccc2c(c1)CN(C)CC2C1(O)CCCCC1. The lowest BCUT2D eigenvalue weighted by Crippen LogP contribution is -2.46. The zero-order valence-electron chi connectivity index (χ0n) is 13.3. The third-order valence-corrected chi connectivity index (χ3v) is 5.11. The Balaban J connectivity index is 1.90. The first-order valence-electron chi connectivity index (χ1n) is 8.22. The number of rotatable bonds is 3. The third-order valence-electron chi connectivity index (χ3n) is 5.11. The summed E-state index contributed by atoms with van der Waals surface area (Å²) in [7, 11) is 2.12. The highest BCUT2D eigenvalue weighted by molar-refractivity contribution is 5.41. The Morgan fingerprint density at radius 2 is 2.14 bits per heavy atom. The molecule has 0 amide bonds. The van der Waals surface area contributed by atoms with Crippen LogP contribution in [-0.4, -0.2) is 35.8 Å². The average Bonchev–Trinajstić information content (AvgIpc) is 2.52. The van der Waals surface area contributed by atoms with Gasteiger partial charge >= 0.3 is 0 Å². The summed E-state index contributed by atoms with van der Waals surface area (Å²) in [6.07, 6.45) is 10.6. The number of nitrogens with zero attached hydrogens (tertiary/aromatic N) is 1. The smallest absolute Gasteiger partial charge is 0.148 e. The lowest BCUT2D eigenvalue weighted by atomic mass is 9.70. The Labute approximate surface area is 133 Å². The van der Waals surface area contributed by atoms with Crippen LogP contribution in [0.15, 0.2) is 18.2 Å². The van der Waals surface area contributed by atoms with E-state index in [-0.39, 0.29) is 5.92 Å². The van der Waals surface area contributed by atoms with Crippen LogP contribution < -0.4 is 4.74 Å². The van der Waals surface area contributed by atoms with Crippen LogP contribution in [0.1, 0.15) is 49.1 Å². The number of terminal acetylenes is 1. The second-order valence-corrected chi connectivity index (χ2v) is 6.77. The number of benzene rings is 1. The van der Waals surface area contributed by atoms with Gasteiger partial charge in [-0.25, -0.2) is 0 Å². The summed E-state index contributed by atoms with van der Waals surface area (Å²) < 4.78 is 5.55. The van der Waals surface area contributed by atoms with Crippen LogP contribution in [0.25, 0.3) is 0 Å². The lowest BCUT2D eigenvalue weighted by molar-refractivity contribution is -0.0333. The number of ether oxygens (including phenoxy) is 1. The Kier molecular flexibility index (Phi) is 4.42. The van der Waals surface area contributed by atoms with Crippen molar-refractivity contribution in [3.05, 3.63) is 29.3 Å². The van der Waals surface area contributed by atoms with Gasteiger partial charge in [0, 0.05) is 19.0 Å². The molecule has 0 radical (unpaired) electrons. The summed E-state index contributed by atoms with van der Waals surface area (Å²) in [5.41, 5.74) is 1.99. The van der Waals surface area contributed by atoms with Crippen molar-refractivity contribution >= 4 is 0 Å². The Hall–Kier alpha value is -1.50. The topological polar surface area (TPSA) is 32.7 Å². The predicted octanol–water partition coefficient (Wildman–Crippen LogP) is 2.92. The largest absolute Gasteiger partial charge is 0.481 e. The molecule has 1 saturated carbocycles. The van der Waals surface area contributed by atoms with E-state index in [0.717, 1.165) is 44.5 Å². The van der Waals surface area contributed by atoms with Gasteiger partial charge in [-0.15, -0.1) is 6.42 Å². The van der Waals surface area contributed by atoms with E-state index in [1.165, 1.54) is 17.5 Å². The van der Waals surface area contributed by atoms with Gasteiger partial charge in [-0.05, 0) is 43.1 Å². The van der Waals surface area contributed by atoms with Crippen molar-refractivity contribution in [3.63, 3.8) is 0 Å². The molecular formula is C19H25NO2. The van der Waals surface area contributed by atoms with Crippen LogP contribution in [0.2, 0.25) is 0 Å². The maximum atomic E-state index is 11.2. The zero-order valence-corrected chi connectivity index (χ0v) is 13.3. The minimum Gasteiger partial charge on any atom is -0.481 e. The normalized spacial score (nSPS) is 24.3. The summed E-state index contributed by atoms with van der Waals surface area (Å²) >= 11 is 0. The fourth-order valence-corrected chi connectivity index (χ4v) is 4.01. The monoisotopic (exact) mass is 299 g/mol. The highest BCUT2D eigenvalue weighted by atomic mass is 16.5. The molecular weight excluding hydrogens is 274 g/mol. The summed E-state index contributed by atoms with van der Waals surface area (Å²) in [6, 6.07) is 6.20. The molecule has 0 spiro atoms. The maximum Gasteiger partial charge on any atom is 0.148 e. The molecule has 2 aliphatic rings. The number of hydrogen-bond donors (Lipinski definition) is 1. The molecule has 1 aliphatic carbocycles. The quantitative estimate of drug-likeness (QED) is 0.871. The molecule has 1 aromatic carbocycles. The highest BCUT2D eigenvalue weighted by Crippen LogP contribution is 2.44. The van der Waals surface area contributed by atoms with Gasteiger partial charge in [0.25, 0.3) is 0 Å². The molecule has 1 unspecified atom stereocenters. The van der Waals surface area contributed by atoms with Crippen LogP contribution in [0.3, 0.4) is 0 Å². The van der Waals surface area contributed by atoms with E-state index in [0.29, 0.717) is 6.61 Å². The molecule has 3 rings (SSSR count). The van der Waals surface area contributed by atoms with E-state index in [1.807, 2.05) is 6.07 Å². The van der Waals surface area contributed by atoms with Gasteiger partial charge in [-0.2, -0.15) is 0 Å². The Bertz CT molecular complexity index is 569. The van der Waals surface area contributed by atoms with Crippen molar-refractivity contribution in [3.8, 4) is 18.1 Å². The Morgan fingerprint density at radius 3 is 2.86 bits per heavy atom. The van der Waals surface area contributed by atoms with E-state index in [9.17, 15) is 5.11 Å². The summed E-state index contributed by atoms with van der Waals surface area (Å²) in [5, 5.41) is 11.2. The molecule has 0 aromatic heterocycles. The number of aliphatic hydroxyl groups is 1. The zero-order chi connectivity index (χ0) is 15.6. The minimum atomic E-state index is -0.553. The van der Waals surface area contributed by atoms with E-state index >= 15 is 0 Å². The Morgan fingerprint density at radius 1 is 1.36 bits per heavy atom. The van der Waals surface area contributed by atoms with Crippen LogP contribution in [0.5, 0.6) is 5.75 Å². The van der Waals surface area contributed by atoms with Gasteiger partial charge in [-0.3, -0.25) is 0 Å². The molecule has 118 valence electrons. The van der Waals surface area contributed by atoms with Crippen LogP contribution in [0, 0.1) is 12.3 Å². The van der Waals surface area contributed by atoms with Gasteiger partial charge in [0.15, 0.2) is 0 Å². The van der Waals surface area contributed by atoms with Crippen LogP contribution >= 0.6 is 0 Å². The number of hydrogen-bond acceptors (Lipinski definition) is 3. The number of likely N-dealkylation sites (N-methyl/N-ethyl adjacent to an activating group) is 1. The van der Waals surface area contributed by atoms with Crippen molar-refractivity contribution < 1.29 is 9.84 Å². The highest BCUT2D eigenvalue weighted by Gasteiger charge is 2.41. The van der Waals surface area contributed by atoms with Crippen molar-refractivity contribution in [1.82, 2.24) is 4.90 Å². The average molecular weight is 299 g/mol. The minimum absolute atomic E-state index is 0.197. The molecule has 1 fully saturated rings. The number of fused-ring (bicyclic) bond motifs is 1. The fraction of sp³-hybridized carbons (Fsp3) is 0.579. The van der Waals surface area contributed by atoms with Crippen molar-refractivity contribution in [2.24, 2.45) is 0 Å².